The number of aliphatic hydroxyl groups excluding tert-OH is 1. The lowest BCUT2D eigenvalue weighted by Crippen LogP contribution is -2.51. The Bertz CT molecular complexity index is 674. The van der Waals surface area contributed by atoms with Crippen molar-refractivity contribution in [1.82, 2.24) is 10.0 Å². The first-order valence-corrected chi connectivity index (χ1v) is 10.7. The summed E-state index contributed by atoms with van der Waals surface area (Å²) in [7, 11) is -3.81. The molecule has 0 spiro atoms. The van der Waals surface area contributed by atoms with Crippen molar-refractivity contribution in [3.05, 3.63) is 29.8 Å². The van der Waals surface area contributed by atoms with Crippen LogP contribution in [-0.2, 0) is 14.8 Å². The SMILES string of the molecule is CCCC[C@@H](CO)NC(=O)[C@H](CC(C)C)NS(=O)(=O)c1ccccc1C. The summed E-state index contributed by atoms with van der Waals surface area (Å²) in [5.74, 6) is -0.264. The molecule has 0 heterocycles. The van der Waals surface area contributed by atoms with Gasteiger partial charge in [-0.25, -0.2) is 8.42 Å². The third-order valence-corrected chi connectivity index (χ3v) is 5.81. The highest BCUT2D eigenvalue weighted by molar-refractivity contribution is 7.89. The minimum Gasteiger partial charge on any atom is -0.394 e. The number of aryl methyl sites for hydroxylation is 1. The van der Waals surface area contributed by atoms with Gasteiger partial charge in [0, 0.05) is 0 Å². The summed E-state index contributed by atoms with van der Waals surface area (Å²) < 4.78 is 28.0. The number of sulfonamides is 1. The molecule has 7 heteroatoms. The van der Waals surface area contributed by atoms with Crippen molar-refractivity contribution in [2.24, 2.45) is 5.92 Å². The van der Waals surface area contributed by atoms with Crippen LogP contribution in [0.2, 0.25) is 0 Å². The standard InChI is InChI=1S/C19H32N2O4S/c1-5-6-10-16(13-22)20-19(23)17(12-14(2)3)21-26(24,25)18-11-8-7-9-15(18)4/h7-9,11,14,16-17,21-22H,5-6,10,12-13H2,1-4H3,(H,20,23)/t16-,17-/m0/s1. The highest BCUT2D eigenvalue weighted by Crippen LogP contribution is 2.16. The molecule has 148 valence electrons. The summed E-state index contributed by atoms with van der Waals surface area (Å²) in [6.07, 6.45) is 2.89. The van der Waals surface area contributed by atoms with E-state index in [1.165, 1.54) is 6.07 Å². The van der Waals surface area contributed by atoms with Gasteiger partial charge in [0.25, 0.3) is 0 Å². The van der Waals surface area contributed by atoms with Crippen molar-refractivity contribution in [2.75, 3.05) is 6.61 Å². The van der Waals surface area contributed by atoms with E-state index < -0.39 is 22.0 Å². The fourth-order valence-electron chi connectivity index (χ4n) is 2.75. The van der Waals surface area contributed by atoms with Gasteiger partial charge in [-0.15, -0.1) is 0 Å². The van der Waals surface area contributed by atoms with E-state index in [-0.39, 0.29) is 23.5 Å². The van der Waals surface area contributed by atoms with Crippen LogP contribution < -0.4 is 10.0 Å². The normalized spacial score (nSPS) is 14.2. The average molecular weight is 385 g/mol. The van der Waals surface area contributed by atoms with Crippen molar-refractivity contribution >= 4 is 15.9 Å². The topological polar surface area (TPSA) is 95.5 Å². The van der Waals surface area contributed by atoms with Crippen LogP contribution in [0.15, 0.2) is 29.2 Å². The highest BCUT2D eigenvalue weighted by atomic mass is 32.2. The van der Waals surface area contributed by atoms with Crippen molar-refractivity contribution in [3.8, 4) is 0 Å². The Kier molecular flexibility index (Phi) is 9.25. The summed E-state index contributed by atoms with van der Waals surface area (Å²) in [5.41, 5.74) is 0.625. The molecule has 0 saturated carbocycles. The number of benzene rings is 1. The summed E-state index contributed by atoms with van der Waals surface area (Å²) >= 11 is 0. The van der Waals surface area contributed by atoms with Gasteiger partial charge in [-0.1, -0.05) is 51.8 Å². The third-order valence-electron chi connectivity index (χ3n) is 4.18. The van der Waals surface area contributed by atoms with E-state index in [1.54, 1.807) is 25.1 Å². The molecule has 0 radical (unpaired) electrons. The second-order valence-corrected chi connectivity index (χ2v) is 8.78. The van der Waals surface area contributed by atoms with Crippen LogP contribution in [0.3, 0.4) is 0 Å². The Morgan fingerprint density at radius 1 is 1.23 bits per heavy atom. The van der Waals surface area contributed by atoms with Gasteiger partial charge in [0.05, 0.1) is 17.5 Å². The Labute approximate surface area is 157 Å². The van der Waals surface area contributed by atoms with Crippen LogP contribution in [0, 0.1) is 12.8 Å². The second kappa shape index (κ2) is 10.6. The van der Waals surface area contributed by atoms with Crippen molar-refractivity contribution < 1.29 is 18.3 Å². The number of aliphatic hydroxyl groups is 1. The highest BCUT2D eigenvalue weighted by Gasteiger charge is 2.28. The number of hydrogen-bond donors (Lipinski definition) is 3. The zero-order valence-electron chi connectivity index (χ0n) is 16.2. The smallest absolute Gasteiger partial charge is 0.241 e. The summed E-state index contributed by atoms with van der Waals surface area (Å²) in [5, 5.41) is 12.2. The first-order valence-electron chi connectivity index (χ1n) is 9.20. The molecule has 0 aliphatic carbocycles. The van der Waals surface area contributed by atoms with Gasteiger partial charge in [0.15, 0.2) is 0 Å². The zero-order chi connectivity index (χ0) is 19.7. The number of rotatable bonds is 11. The number of nitrogens with one attached hydrogen (secondary N) is 2. The first kappa shape index (κ1) is 22.6. The Hall–Kier alpha value is -1.44. The molecular weight excluding hydrogens is 352 g/mol. The molecule has 0 aliphatic rings. The van der Waals surface area contributed by atoms with Crippen molar-refractivity contribution in [3.63, 3.8) is 0 Å². The van der Waals surface area contributed by atoms with E-state index >= 15 is 0 Å². The molecule has 0 aromatic heterocycles. The predicted octanol–water partition coefficient (Wildman–Crippen LogP) is 2.36. The maximum absolute atomic E-state index is 12.7. The lowest BCUT2D eigenvalue weighted by Gasteiger charge is -2.24. The van der Waals surface area contributed by atoms with Gasteiger partial charge < -0.3 is 10.4 Å². The molecule has 0 bridgehead atoms. The van der Waals surface area contributed by atoms with Gasteiger partial charge in [-0.2, -0.15) is 4.72 Å². The zero-order valence-corrected chi connectivity index (χ0v) is 17.0. The minimum absolute atomic E-state index is 0.133. The molecule has 1 aromatic rings. The lowest BCUT2D eigenvalue weighted by molar-refractivity contribution is -0.124. The quantitative estimate of drug-likeness (QED) is 0.546. The van der Waals surface area contributed by atoms with E-state index in [0.29, 0.717) is 18.4 Å². The molecule has 0 saturated heterocycles. The van der Waals surface area contributed by atoms with E-state index in [2.05, 4.69) is 10.0 Å². The largest absolute Gasteiger partial charge is 0.394 e. The molecule has 6 nitrogen and oxygen atoms in total. The molecule has 1 aromatic carbocycles. The fraction of sp³-hybridized carbons (Fsp3) is 0.632. The van der Waals surface area contributed by atoms with Crippen LogP contribution in [-0.4, -0.2) is 38.1 Å². The van der Waals surface area contributed by atoms with Crippen molar-refractivity contribution in [1.29, 1.82) is 0 Å². The van der Waals surface area contributed by atoms with Crippen LogP contribution in [0.4, 0.5) is 0 Å². The van der Waals surface area contributed by atoms with Gasteiger partial charge in [0.1, 0.15) is 6.04 Å². The van der Waals surface area contributed by atoms with Gasteiger partial charge in [-0.05, 0) is 37.3 Å². The number of unbranched alkanes of at least 4 members (excludes halogenated alkanes) is 1. The molecule has 1 rings (SSSR count). The van der Waals surface area contributed by atoms with Gasteiger partial charge in [-0.3, -0.25) is 4.79 Å². The van der Waals surface area contributed by atoms with E-state index in [1.807, 2.05) is 20.8 Å². The summed E-state index contributed by atoms with van der Waals surface area (Å²) in [4.78, 5) is 12.8. The van der Waals surface area contributed by atoms with Crippen molar-refractivity contribution in [2.45, 2.75) is 70.4 Å². The van der Waals surface area contributed by atoms with Gasteiger partial charge in [0.2, 0.25) is 15.9 Å². The number of carbonyl (C=O) groups excluding carboxylic acids is 1. The average Bonchev–Trinajstić information content (AvgIpc) is 2.57. The monoisotopic (exact) mass is 384 g/mol. The van der Waals surface area contributed by atoms with E-state index in [4.69, 9.17) is 0 Å². The second-order valence-electron chi connectivity index (χ2n) is 7.10. The number of amides is 1. The maximum Gasteiger partial charge on any atom is 0.241 e. The molecule has 26 heavy (non-hydrogen) atoms. The van der Waals surface area contributed by atoms with Crippen LogP contribution >= 0.6 is 0 Å². The number of carbonyl (C=O) groups is 1. The Morgan fingerprint density at radius 3 is 2.42 bits per heavy atom. The first-order chi connectivity index (χ1) is 12.2. The molecule has 0 fully saturated rings. The lowest BCUT2D eigenvalue weighted by atomic mass is 10.0. The molecule has 0 unspecified atom stereocenters. The molecule has 1 amide bonds. The maximum atomic E-state index is 12.7. The van der Waals surface area contributed by atoms with Gasteiger partial charge >= 0.3 is 0 Å². The number of hydrogen-bond acceptors (Lipinski definition) is 4. The summed E-state index contributed by atoms with van der Waals surface area (Å²) in [6.45, 7) is 7.46. The molecular formula is C19H32N2O4S. The third kappa shape index (κ3) is 7.05. The Morgan fingerprint density at radius 2 is 1.88 bits per heavy atom. The van der Waals surface area contributed by atoms with Crippen LogP contribution in [0.25, 0.3) is 0 Å². The minimum atomic E-state index is -3.81. The molecule has 0 aliphatic heterocycles. The summed E-state index contributed by atoms with van der Waals surface area (Å²) in [6, 6.07) is 5.44. The van der Waals surface area contributed by atoms with E-state index in [0.717, 1.165) is 12.8 Å². The van der Waals surface area contributed by atoms with Crippen LogP contribution in [0.5, 0.6) is 0 Å². The molecule has 2 atom stereocenters. The van der Waals surface area contributed by atoms with E-state index in [9.17, 15) is 18.3 Å². The fourth-order valence-corrected chi connectivity index (χ4v) is 4.20. The van der Waals surface area contributed by atoms with Crippen LogP contribution in [0.1, 0.15) is 52.0 Å². The molecule has 3 N–H and O–H groups in total. The Balaban J connectivity index is 2.95. The predicted molar refractivity (Wildman–Crippen MR) is 103 cm³/mol.